The number of amides is 1. The SMILES string of the molecule is Cc1nc2c(cnn2C(C)C)c(C)c1CCC(=O)N[C@H]1CCCc2ccccc21. The highest BCUT2D eigenvalue weighted by Crippen LogP contribution is 2.30. The van der Waals surface area contributed by atoms with Crippen LogP contribution in [-0.4, -0.2) is 20.7 Å². The molecule has 0 fully saturated rings. The van der Waals surface area contributed by atoms with E-state index < -0.39 is 0 Å². The van der Waals surface area contributed by atoms with Crippen molar-refractivity contribution in [1.29, 1.82) is 0 Å². The number of aromatic nitrogens is 3. The first-order chi connectivity index (χ1) is 14.0. The maximum Gasteiger partial charge on any atom is 0.220 e. The maximum absolute atomic E-state index is 12.7. The lowest BCUT2D eigenvalue weighted by molar-refractivity contribution is -0.121. The Hall–Kier alpha value is -2.69. The van der Waals surface area contributed by atoms with Gasteiger partial charge in [-0.1, -0.05) is 24.3 Å². The number of aryl methyl sites for hydroxylation is 3. The number of nitrogens with zero attached hydrogens (tertiary/aromatic N) is 3. The van der Waals surface area contributed by atoms with E-state index in [0.29, 0.717) is 12.8 Å². The Morgan fingerprint density at radius 2 is 2.07 bits per heavy atom. The third kappa shape index (κ3) is 3.78. The van der Waals surface area contributed by atoms with E-state index in [9.17, 15) is 4.79 Å². The van der Waals surface area contributed by atoms with Gasteiger partial charge in [0.05, 0.1) is 12.2 Å². The van der Waals surface area contributed by atoms with Crippen LogP contribution in [-0.2, 0) is 17.6 Å². The zero-order valence-electron chi connectivity index (χ0n) is 17.8. The minimum absolute atomic E-state index is 0.114. The van der Waals surface area contributed by atoms with Crippen molar-refractivity contribution in [3.05, 3.63) is 58.4 Å². The molecule has 1 aliphatic rings. The lowest BCUT2D eigenvalue weighted by Crippen LogP contribution is -2.31. The van der Waals surface area contributed by atoms with Crippen molar-refractivity contribution in [1.82, 2.24) is 20.1 Å². The van der Waals surface area contributed by atoms with E-state index in [1.807, 2.05) is 17.8 Å². The van der Waals surface area contributed by atoms with Gasteiger partial charge in [-0.3, -0.25) is 4.79 Å². The summed E-state index contributed by atoms with van der Waals surface area (Å²) in [6.07, 6.45) is 6.33. The van der Waals surface area contributed by atoms with Crippen LogP contribution < -0.4 is 5.32 Å². The Balaban J connectivity index is 1.48. The van der Waals surface area contributed by atoms with Gasteiger partial charge in [-0.2, -0.15) is 5.10 Å². The van der Waals surface area contributed by atoms with Crippen LogP contribution in [0.25, 0.3) is 11.0 Å². The fraction of sp³-hybridized carbons (Fsp3) is 0.458. The molecule has 5 nitrogen and oxygen atoms in total. The van der Waals surface area contributed by atoms with Gasteiger partial charge < -0.3 is 5.32 Å². The summed E-state index contributed by atoms with van der Waals surface area (Å²) in [7, 11) is 0. The van der Waals surface area contributed by atoms with Crippen molar-refractivity contribution in [3.8, 4) is 0 Å². The molecule has 1 N–H and O–H groups in total. The Kier molecular flexibility index (Phi) is 5.39. The summed E-state index contributed by atoms with van der Waals surface area (Å²) in [5, 5.41) is 8.86. The Morgan fingerprint density at radius 1 is 1.28 bits per heavy atom. The number of hydrogen-bond acceptors (Lipinski definition) is 3. The molecule has 1 aliphatic carbocycles. The average molecular weight is 391 g/mol. The molecule has 0 spiro atoms. The first kappa shape index (κ1) is 19.6. The van der Waals surface area contributed by atoms with Gasteiger partial charge in [0.25, 0.3) is 0 Å². The predicted octanol–water partition coefficient (Wildman–Crippen LogP) is 4.76. The summed E-state index contributed by atoms with van der Waals surface area (Å²) < 4.78 is 1.96. The quantitative estimate of drug-likeness (QED) is 0.683. The van der Waals surface area contributed by atoms with Crippen LogP contribution >= 0.6 is 0 Å². The summed E-state index contributed by atoms with van der Waals surface area (Å²) in [4.78, 5) is 17.5. The van der Waals surface area contributed by atoms with Gasteiger partial charge in [0.15, 0.2) is 5.65 Å². The van der Waals surface area contributed by atoms with Crippen molar-refractivity contribution in [3.63, 3.8) is 0 Å². The highest BCUT2D eigenvalue weighted by molar-refractivity contribution is 5.81. The van der Waals surface area contributed by atoms with Crippen molar-refractivity contribution in [2.75, 3.05) is 0 Å². The molecule has 1 amide bonds. The minimum atomic E-state index is 0.114. The number of carbonyl (C=O) groups excluding carboxylic acids is 1. The largest absolute Gasteiger partial charge is 0.349 e. The molecule has 0 saturated heterocycles. The molecular formula is C24H30N4O. The predicted molar refractivity (Wildman–Crippen MR) is 116 cm³/mol. The van der Waals surface area contributed by atoms with E-state index in [4.69, 9.17) is 4.98 Å². The molecule has 0 bridgehead atoms. The van der Waals surface area contributed by atoms with Gasteiger partial charge in [-0.05, 0) is 75.6 Å². The molecule has 29 heavy (non-hydrogen) atoms. The fourth-order valence-corrected chi connectivity index (χ4v) is 4.55. The molecule has 1 atom stereocenters. The molecule has 0 unspecified atom stereocenters. The average Bonchev–Trinajstić information content (AvgIpc) is 3.12. The number of rotatable bonds is 5. The van der Waals surface area contributed by atoms with Crippen LogP contribution in [0.3, 0.4) is 0 Å². The number of carbonyl (C=O) groups is 1. The van der Waals surface area contributed by atoms with E-state index >= 15 is 0 Å². The van der Waals surface area contributed by atoms with Crippen molar-refractivity contribution in [2.45, 2.75) is 71.9 Å². The van der Waals surface area contributed by atoms with Crippen LogP contribution in [0, 0.1) is 13.8 Å². The number of nitrogens with one attached hydrogen (secondary N) is 1. The number of pyridine rings is 1. The van der Waals surface area contributed by atoms with Crippen molar-refractivity contribution < 1.29 is 4.79 Å². The number of fused-ring (bicyclic) bond motifs is 2. The maximum atomic E-state index is 12.7. The van der Waals surface area contributed by atoms with E-state index in [-0.39, 0.29) is 18.0 Å². The Labute approximate surface area is 172 Å². The highest BCUT2D eigenvalue weighted by Gasteiger charge is 2.22. The smallest absolute Gasteiger partial charge is 0.220 e. The van der Waals surface area contributed by atoms with Gasteiger partial charge >= 0.3 is 0 Å². The normalized spacial score (nSPS) is 16.2. The van der Waals surface area contributed by atoms with Crippen molar-refractivity contribution >= 4 is 16.9 Å². The zero-order chi connectivity index (χ0) is 20.5. The molecule has 1 aromatic carbocycles. The Morgan fingerprint density at radius 3 is 2.86 bits per heavy atom. The van der Waals surface area contributed by atoms with E-state index in [2.05, 4.69) is 55.5 Å². The lowest BCUT2D eigenvalue weighted by atomic mass is 9.87. The van der Waals surface area contributed by atoms with Gasteiger partial charge in [0.1, 0.15) is 0 Å². The first-order valence-electron chi connectivity index (χ1n) is 10.7. The molecule has 0 aliphatic heterocycles. The Bertz CT molecular complexity index is 1050. The van der Waals surface area contributed by atoms with Crippen molar-refractivity contribution in [2.24, 2.45) is 0 Å². The van der Waals surface area contributed by atoms with E-state index in [0.717, 1.165) is 36.0 Å². The molecule has 2 aromatic heterocycles. The van der Waals surface area contributed by atoms with E-state index in [1.165, 1.54) is 22.3 Å². The topological polar surface area (TPSA) is 59.8 Å². The molecule has 4 rings (SSSR count). The van der Waals surface area contributed by atoms with Gasteiger partial charge in [0, 0.05) is 23.5 Å². The fourth-order valence-electron chi connectivity index (χ4n) is 4.55. The van der Waals surface area contributed by atoms with Crippen LogP contribution in [0.15, 0.2) is 30.5 Å². The first-order valence-corrected chi connectivity index (χ1v) is 10.7. The standard InChI is InChI=1S/C24H30N4O/c1-15(2)28-24-21(14-25-28)16(3)19(17(4)26-24)12-13-23(29)27-22-11-7-9-18-8-5-6-10-20(18)22/h5-6,8,10,14-15,22H,7,9,11-13H2,1-4H3,(H,27,29)/t22-/m0/s1. The monoisotopic (exact) mass is 390 g/mol. The summed E-state index contributed by atoms with van der Waals surface area (Å²) in [6.45, 7) is 8.38. The molecule has 2 heterocycles. The molecule has 0 radical (unpaired) electrons. The third-order valence-electron chi connectivity index (χ3n) is 6.13. The second-order valence-corrected chi connectivity index (χ2v) is 8.43. The summed E-state index contributed by atoms with van der Waals surface area (Å²) >= 11 is 0. The van der Waals surface area contributed by atoms with E-state index in [1.54, 1.807) is 0 Å². The van der Waals surface area contributed by atoms with Gasteiger partial charge in [0.2, 0.25) is 5.91 Å². The molecule has 5 heteroatoms. The number of benzene rings is 1. The van der Waals surface area contributed by atoms with Crippen LogP contribution in [0.1, 0.15) is 73.1 Å². The van der Waals surface area contributed by atoms with Gasteiger partial charge in [-0.25, -0.2) is 9.67 Å². The third-order valence-corrected chi connectivity index (χ3v) is 6.13. The summed E-state index contributed by atoms with van der Waals surface area (Å²) in [5.41, 5.74) is 6.93. The molecular weight excluding hydrogens is 360 g/mol. The summed E-state index contributed by atoms with van der Waals surface area (Å²) in [6, 6.07) is 8.89. The molecule has 3 aromatic rings. The molecule has 0 saturated carbocycles. The molecule has 152 valence electrons. The second-order valence-electron chi connectivity index (χ2n) is 8.43. The zero-order valence-corrected chi connectivity index (χ0v) is 17.8. The number of hydrogen-bond donors (Lipinski definition) is 1. The lowest BCUT2D eigenvalue weighted by Gasteiger charge is -2.26. The highest BCUT2D eigenvalue weighted by atomic mass is 16.1. The second kappa shape index (κ2) is 7.97. The van der Waals surface area contributed by atoms with Gasteiger partial charge in [-0.15, -0.1) is 0 Å². The van der Waals surface area contributed by atoms with Crippen LogP contribution in [0.2, 0.25) is 0 Å². The minimum Gasteiger partial charge on any atom is -0.349 e. The van der Waals surface area contributed by atoms with Crippen LogP contribution in [0.4, 0.5) is 0 Å². The summed E-state index contributed by atoms with van der Waals surface area (Å²) in [5.74, 6) is 0.114. The van der Waals surface area contributed by atoms with Crippen LogP contribution in [0.5, 0.6) is 0 Å².